The van der Waals surface area contributed by atoms with Crippen LogP contribution in [0.2, 0.25) is 0 Å². The van der Waals surface area contributed by atoms with Crippen LogP contribution in [0.15, 0.2) is 27.5 Å². The summed E-state index contributed by atoms with van der Waals surface area (Å²) in [6.07, 6.45) is 1.76. The van der Waals surface area contributed by atoms with Gasteiger partial charge in [-0.3, -0.25) is 4.79 Å². The largest absolute Gasteiger partial charge is 0.451 e. The minimum Gasteiger partial charge on any atom is -0.451 e. The molecular formula is C18H24N2O4S. The number of carbonyl (C=O) groups is 1. The van der Waals surface area contributed by atoms with E-state index >= 15 is 0 Å². The SMILES string of the molecule is CCNC(=O)c1oc2ccc(S(=O)(=O)N3CCC(C)CC3)cc2c1C. The number of nitrogens with one attached hydrogen (secondary N) is 1. The molecule has 1 aromatic heterocycles. The van der Waals surface area contributed by atoms with Gasteiger partial charge in [0.1, 0.15) is 5.58 Å². The average Bonchev–Trinajstić information content (AvgIpc) is 2.92. The summed E-state index contributed by atoms with van der Waals surface area (Å²) in [6.45, 7) is 7.36. The van der Waals surface area contributed by atoms with Crippen LogP contribution in [0.25, 0.3) is 11.0 Å². The normalized spacial score (nSPS) is 17.1. The molecule has 0 spiro atoms. The zero-order valence-electron chi connectivity index (χ0n) is 14.8. The molecule has 0 radical (unpaired) electrons. The zero-order chi connectivity index (χ0) is 18.2. The molecule has 1 fully saturated rings. The van der Waals surface area contributed by atoms with Crippen molar-refractivity contribution in [1.29, 1.82) is 0 Å². The lowest BCUT2D eigenvalue weighted by Crippen LogP contribution is -2.37. The fourth-order valence-electron chi connectivity index (χ4n) is 3.19. The summed E-state index contributed by atoms with van der Waals surface area (Å²) < 4.78 is 33.0. The first-order valence-corrected chi connectivity index (χ1v) is 10.1. The van der Waals surface area contributed by atoms with Gasteiger partial charge in [0.2, 0.25) is 10.0 Å². The van der Waals surface area contributed by atoms with Gasteiger partial charge in [0.05, 0.1) is 4.90 Å². The Morgan fingerprint density at radius 1 is 1.32 bits per heavy atom. The van der Waals surface area contributed by atoms with Crippen LogP contribution in [-0.4, -0.2) is 38.3 Å². The number of furan rings is 1. The molecule has 2 aromatic rings. The monoisotopic (exact) mass is 364 g/mol. The number of nitrogens with zero attached hydrogens (tertiary/aromatic N) is 1. The van der Waals surface area contributed by atoms with Crippen LogP contribution in [0, 0.1) is 12.8 Å². The van der Waals surface area contributed by atoms with Gasteiger partial charge in [-0.05, 0) is 50.8 Å². The molecule has 136 valence electrons. The highest BCUT2D eigenvalue weighted by molar-refractivity contribution is 7.89. The summed E-state index contributed by atoms with van der Waals surface area (Å²) in [6, 6.07) is 4.80. The molecule has 0 bridgehead atoms. The second kappa shape index (κ2) is 6.80. The van der Waals surface area contributed by atoms with Crippen molar-refractivity contribution in [3.05, 3.63) is 29.5 Å². The number of carbonyl (C=O) groups excluding carboxylic acids is 1. The van der Waals surface area contributed by atoms with Crippen molar-refractivity contribution in [3.63, 3.8) is 0 Å². The lowest BCUT2D eigenvalue weighted by molar-refractivity contribution is 0.0929. The maximum atomic E-state index is 12.9. The standard InChI is InChI=1S/C18H24N2O4S/c1-4-19-18(21)17-13(3)15-11-14(5-6-16(15)24-17)25(22,23)20-9-7-12(2)8-10-20/h5-6,11-12H,4,7-10H2,1-3H3,(H,19,21). The van der Waals surface area contributed by atoms with Crippen molar-refractivity contribution in [2.45, 2.75) is 38.5 Å². The molecule has 1 N–H and O–H groups in total. The molecule has 0 atom stereocenters. The van der Waals surface area contributed by atoms with Gasteiger partial charge in [0.25, 0.3) is 5.91 Å². The van der Waals surface area contributed by atoms with E-state index in [1.54, 1.807) is 29.4 Å². The van der Waals surface area contributed by atoms with Gasteiger partial charge in [-0.1, -0.05) is 6.92 Å². The predicted octanol–water partition coefficient (Wildman–Crippen LogP) is 2.91. The fourth-order valence-corrected chi connectivity index (χ4v) is 4.69. The molecule has 1 aliphatic rings. The Bertz CT molecular complexity index is 893. The van der Waals surface area contributed by atoms with E-state index in [-0.39, 0.29) is 16.6 Å². The quantitative estimate of drug-likeness (QED) is 0.905. The molecule has 3 rings (SSSR count). The number of piperidine rings is 1. The van der Waals surface area contributed by atoms with Crippen LogP contribution in [0.4, 0.5) is 0 Å². The van der Waals surface area contributed by atoms with Gasteiger partial charge < -0.3 is 9.73 Å². The number of sulfonamides is 1. The average molecular weight is 364 g/mol. The zero-order valence-corrected chi connectivity index (χ0v) is 15.6. The van der Waals surface area contributed by atoms with Gasteiger partial charge in [-0.15, -0.1) is 0 Å². The number of aryl methyl sites for hydroxylation is 1. The van der Waals surface area contributed by atoms with Gasteiger partial charge in [-0.25, -0.2) is 8.42 Å². The van der Waals surface area contributed by atoms with Gasteiger partial charge >= 0.3 is 0 Å². The first kappa shape index (κ1) is 17.9. The van der Waals surface area contributed by atoms with Crippen LogP contribution >= 0.6 is 0 Å². The molecule has 1 aromatic carbocycles. The lowest BCUT2D eigenvalue weighted by atomic mass is 10.0. The molecule has 7 heteroatoms. The lowest BCUT2D eigenvalue weighted by Gasteiger charge is -2.29. The first-order valence-electron chi connectivity index (χ1n) is 8.66. The highest BCUT2D eigenvalue weighted by Gasteiger charge is 2.29. The van der Waals surface area contributed by atoms with E-state index in [0.29, 0.717) is 42.1 Å². The molecule has 0 aliphatic carbocycles. The molecule has 0 unspecified atom stereocenters. The third-order valence-corrected chi connectivity index (χ3v) is 6.73. The number of rotatable bonds is 4. The summed E-state index contributed by atoms with van der Waals surface area (Å²) in [5.41, 5.74) is 1.18. The van der Waals surface area contributed by atoms with Crippen LogP contribution in [0.3, 0.4) is 0 Å². The number of benzene rings is 1. The molecule has 1 aliphatic heterocycles. The van der Waals surface area contributed by atoms with Crippen LogP contribution in [-0.2, 0) is 10.0 Å². The van der Waals surface area contributed by atoms with Crippen molar-refractivity contribution in [2.24, 2.45) is 5.92 Å². The predicted molar refractivity (Wildman–Crippen MR) is 96.1 cm³/mol. The van der Waals surface area contributed by atoms with Crippen molar-refractivity contribution in [2.75, 3.05) is 19.6 Å². The Kier molecular flexibility index (Phi) is 4.88. The van der Waals surface area contributed by atoms with Gasteiger partial charge in [0, 0.05) is 30.6 Å². The molecule has 2 heterocycles. The molecular weight excluding hydrogens is 340 g/mol. The maximum absolute atomic E-state index is 12.9. The topological polar surface area (TPSA) is 79.6 Å². The maximum Gasteiger partial charge on any atom is 0.287 e. The van der Waals surface area contributed by atoms with Crippen LogP contribution in [0.1, 0.15) is 42.8 Å². The summed E-state index contributed by atoms with van der Waals surface area (Å²) in [7, 11) is -3.52. The number of fused-ring (bicyclic) bond motifs is 1. The highest BCUT2D eigenvalue weighted by atomic mass is 32.2. The van der Waals surface area contributed by atoms with Crippen molar-refractivity contribution < 1.29 is 17.6 Å². The van der Waals surface area contributed by atoms with Gasteiger partial charge in [0.15, 0.2) is 5.76 Å². The van der Waals surface area contributed by atoms with E-state index in [2.05, 4.69) is 12.2 Å². The first-order chi connectivity index (χ1) is 11.8. The van der Waals surface area contributed by atoms with Crippen molar-refractivity contribution in [3.8, 4) is 0 Å². The van der Waals surface area contributed by atoms with E-state index in [9.17, 15) is 13.2 Å². The third-order valence-electron chi connectivity index (χ3n) is 4.83. The summed E-state index contributed by atoms with van der Waals surface area (Å²) in [5.74, 6) is 0.508. The number of amides is 1. The Labute approximate surface area is 148 Å². The van der Waals surface area contributed by atoms with Crippen molar-refractivity contribution >= 4 is 26.9 Å². The van der Waals surface area contributed by atoms with E-state index in [0.717, 1.165) is 12.8 Å². The Hall–Kier alpha value is -1.86. The van der Waals surface area contributed by atoms with E-state index in [1.165, 1.54) is 0 Å². The fraction of sp³-hybridized carbons (Fsp3) is 0.500. The molecule has 25 heavy (non-hydrogen) atoms. The molecule has 1 amide bonds. The summed E-state index contributed by atoms with van der Waals surface area (Å²) in [4.78, 5) is 12.3. The second-order valence-corrected chi connectivity index (χ2v) is 8.60. The van der Waals surface area contributed by atoms with E-state index < -0.39 is 10.0 Å². The minimum atomic E-state index is -3.52. The Balaban J connectivity index is 1.98. The number of hydrogen-bond donors (Lipinski definition) is 1. The second-order valence-electron chi connectivity index (χ2n) is 6.66. The number of hydrogen-bond acceptors (Lipinski definition) is 4. The molecule has 6 nitrogen and oxygen atoms in total. The molecule has 0 saturated carbocycles. The van der Waals surface area contributed by atoms with Crippen LogP contribution < -0.4 is 5.32 Å². The minimum absolute atomic E-state index is 0.234. The van der Waals surface area contributed by atoms with E-state index in [4.69, 9.17) is 4.42 Å². The van der Waals surface area contributed by atoms with Gasteiger partial charge in [-0.2, -0.15) is 4.31 Å². The van der Waals surface area contributed by atoms with E-state index in [1.807, 2.05) is 6.92 Å². The highest BCUT2D eigenvalue weighted by Crippen LogP contribution is 2.30. The molecule has 1 saturated heterocycles. The Morgan fingerprint density at radius 2 is 2.00 bits per heavy atom. The van der Waals surface area contributed by atoms with Crippen LogP contribution in [0.5, 0.6) is 0 Å². The van der Waals surface area contributed by atoms with Crippen molar-refractivity contribution in [1.82, 2.24) is 9.62 Å². The Morgan fingerprint density at radius 3 is 2.64 bits per heavy atom. The summed E-state index contributed by atoms with van der Waals surface area (Å²) >= 11 is 0. The smallest absolute Gasteiger partial charge is 0.287 e. The third kappa shape index (κ3) is 3.30. The summed E-state index contributed by atoms with van der Waals surface area (Å²) in [5, 5.41) is 3.37.